The van der Waals surface area contributed by atoms with Crippen LogP contribution in [0.3, 0.4) is 0 Å². The summed E-state index contributed by atoms with van der Waals surface area (Å²) in [5.41, 5.74) is 7.06. The first-order valence-electron chi connectivity index (χ1n) is 13.3. The SMILES string of the molecule is C=C(C)C(=O)Oc1ccc2cc(C3(c4ccc5cc(O)ccc5c4)c4ccccc4-c4ccccc43)ccc2c1. The van der Waals surface area contributed by atoms with Crippen LogP contribution in [0.2, 0.25) is 0 Å². The third-order valence-electron chi connectivity index (χ3n) is 8.01. The maximum Gasteiger partial charge on any atom is 0.338 e. The lowest BCUT2D eigenvalue weighted by Gasteiger charge is -2.34. The molecule has 0 bridgehead atoms. The summed E-state index contributed by atoms with van der Waals surface area (Å²) in [6, 6.07) is 41.6. The van der Waals surface area contributed by atoms with Gasteiger partial charge in [-0.25, -0.2) is 4.79 Å². The Balaban J connectivity index is 1.50. The molecule has 0 aliphatic heterocycles. The number of benzene rings is 6. The number of fused-ring (bicyclic) bond motifs is 5. The molecule has 3 nitrogen and oxygen atoms in total. The lowest BCUT2D eigenvalue weighted by molar-refractivity contribution is -0.130. The van der Waals surface area contributed by atoms with Crippen LogP contribution in [-0.4, -0.2) is 11.1 Å². The predicted molar refractivity (Wildman–Crippen MR) is 161 cm³/mol. The second-order valence-electron chi connectivity index (χ2n) is 10.5. The van der Waals surface area contributed by atoms with E-state index in [1.807, 2.05) is 24.3 Å². The maximum absolute atomic E-state index is 12.1. The second kappa shape index (κ2) is 8.96. The third-order valence-corrected chi connectivity index (χ3v) is 8.01. The minimum Gasteiger partial charge on any atom is -0.508 e. The van der Waals surface area contributed by atoms with Crippen molar-refractivity contribution in [3.63, 3.8) is 0 Å². The minimum absolute atomic E-state index is 0.259. The smallest absolute Gasteiger partial charge is 0.338 e. The van der Waals surface area contributed by atoms with Gasteiger partial charge in [0.15, 0.2) is 0 Å². The Morgan fingerprint density at radius 3 is 1.75 bits per heavy atom. The van der Waals surface area contributed by atoms with Gasteiger partial charge in [0, 0.05) is 5.57 Å². The van der Waals surface area contributed by atoms with Crippen molar-refractivity contribution >= 4 is 27.5 Å². The summed E-state index contributed by atoms with van der Waals surface area (Å²) in [6.45, 7) is 5.32. The third kappa shape index (κ3) is 3.55. The van der Waals surface area contributed by atoms with E-state index in [0.717, 1.165) is 32.7 Å². The number of hydrogen-bond donors (Lipinski definition) is 1. The molecule has 0 heterocycles. The van der Waals surface area contributed by atoms with E-state index in [4.69, 9.17) is 4.74 Å². The molecule has 1 N–H and O–H groups in total. The Bertz CT molecular complexity index is 1950. The van der Waals surface area contributed by atoms with Crippen LogP contribution >= 0.6 is 0 Å². The van der Waals surface area contributed by atoms with Crippen LogP contribution in [0.15, 0.2) is 133 Å². The average Bonchev–Trinajstić information content (AvgIpc) is 3.28. The van der Waals surface area contributed by atoms with E-state index in [1.54, 1.807) is 19.1 Å². The average molecular weight is 519 g/mol. The molecule has 0 atom stereocenters. The molecular formula is C37H26O3. The van der Waals surface area contributed by atoms with Crippen molar-refractivity contribution in [3.05, 3.63) is 156 Å². The van der Waals surface area contributed by atoms with E-state index in [-0.39, 0.29) is 5.75 Å². The highest BCUT2D eigenvalue weighted by Crippen LogP contribution is 2.56. The molecule has 0 radical (unpaired) electrons. The molecular weight excluding hydrogens is 492 g/mol. The summed E-state index contributed by atoms with van der Waals surface area (Å²) in [6.07, 6.45) is 0. The Kier molecular flexibility index (Phi) is 5.36. The van der Waals surface area contributed by atoms with Gasteiger partial charge in [0.05, 0.1) is 5.41 Å². The van der Waals surface area contributed by atoms with Gasteiger partial charge >= 0.3 is 5.97 Å². The zero-order valence-electron chi connectivity index (χ0n) is 22.0. The number of ether oxygens (including phenoxy) is 1. The van der Waals surface area contributed by atoms with Gasteiger partial charge in [-0.3, -0.25) is 0 Å². The van der Waals surface area contributed by atoms with Crippen molar-refractivity contribution in [1.82, 2.24) is 0 Å². The summed E-state index contributed by atoms with van der Waals surface area (Å²) in [4.78, 5) is 12.1. The van der Waals surface area contributed by atoms with Crippen molar-refractivity contribution in [2.45, 2.75) is 12.3 Å². The van der Waals surface area contributed by atoms with Gasteiger partial charge in [0.1, 0.15) is 11.5 Å². The standard InChI is InChI=1S/C37H26O3/c1-23(2)36(39)40-31-18-14-25-20-29(16-12-27(25)22-31)37(28-15-11-26-21-30(38)17-13-24(26)19-28)34-9-5-3-7-32(34)33-8-4-6-10-35(33)37/h3-22,38H,1H2,2H3. The molecule has 6 aromatic carbocycles. The summed E-state index contributed by atoms with van der Waals surface area (Å²) < 4.78 is 5.49. The molecule has 0 saturated carbocycles. The summed E-state index contributed by atoms with van der Waals surface area (Å²) in [5.74, 6) is 0.324. The largest absolute Gasteiger partial charge is 0.508 e. The molecule has 0 aromatic heterocycles. The molecule has 7 rings (SSSR count). The highest BCUT2D eigenvalue weighted by Gasteiger charge is 2.46. The first kappa shape index (κ1) is 23.9. The molecule has 192 valence electrons. The molecule has 0 saturated heterocycles. The van der Waals surface area contributed by atoms with E-state index in [9.17, 15) is 9.90 Å². The number of esters is 1. The van der Waals surface area contributed by atoms with Crippen molar-refractivity contribution in [2.24, 2.45) is 0 Å². The highest BCUT2D eigenvalue weighted by molar-refractivity contribution is 5.93. The predicted octanol–water partition coefficient (Wildman–Crippen LogP) is 8.54. The van der Waals surface area contributed by atoms with Crippen LogP contribution in [0.1, 0.15) is 29.2 Å². The molecule has 0 unspecified atom stereocenters. The molecule has 40 heavy (non-hydrogen) atoms. The van der Waals surface area contributed by atoms with Crippen LogP contribution in [-0.2, 0) is 10.2 Å². The first-order chi connectivity index (χ1) is 19.4. The second-order valence-corrected chi connectivity index (χ2v) is 10.5. The van der Waals surface area contributed by atoms with Crippen molar-refractivity contribution in [3.8, 4) is 22.6 Å². The van der Waals surface area contributed by atoms with Crippen molar-refractivity contribution in [2.75, 3.05) is 0 Å². The topological polar surface area (TPSA) is 46.5 Å². The molecule has 0 fully saturated rings. The zero-order chi connectivity index (χ0) is 27.4. The lowest BCUT2D eigenvalue weighted by atomic mass is 9.67. The Labute approximate surface area is 232 Å². The van der Waals surface area contributed by atoms with Gasteiger partial charge in [-0.15, -0.1) is 0 Å². The lowest BCUT2D eigenvalue weighted by Crippen LogP contribution is -2.28. The number of aromatic hydroxyl groups is 1. The number of phenols is 1. The zero-order valence-corrected chi connectivity index (χ0v) is 22.0. The minimum atomic E-state index is -0.543. The van der Waals surface area contributed by atoms with Gasteiger partial charge in [0.2, 0.25) is 0 Å². The van der Waals surface area contributed by atoms with Crippen molar-refractivity contribution < 1.29 is 14.6 Å². The van der Waals surface area contributed by atoms with Crippen LogP contribution in [0.5, 0.6) is 11.5 Å². The van der Waals surface area contributed by atoms with Gasteiger partial charge in [0.25, 0.3) is 0 Å². The molecule has 0 spiro atoms. The fourth-order valence-electron chi connectivity index (χ4n) is 6.20. The molecule has 1 aliphatic carbocycles. The summed E-state index contributed by atoms with van der Waals surface area (Å²) in [5, 5.41) is 14.2. The Morgan fingerprint density at radius 1 is 0.650 bits per heavy atom. The molecule has 1 aliphatic rings. The summed E-state index contributed by atoms with van der Waals surface area (Å²) in [7, 11) is 0. The number of hydrogen-bond acceptors (Lipinski definition) is 3. The van der Waals surface area contributed by atoms with Gasteiger partial charge < -0.3 is 9.84 Å². The molecule has 0 amide bonds. The van der Waals surface area contributed by atoms with E-state index < -0.39 is 11.4 Å². The van der Waals surface area contributed by atoms with Crippen LogP contribution in [0.25, 0.3) is 32.7 Å². The maximum atomic E-state index is 12.1. The normalized spacial score (nSPS) is 13.1. The molecule has 6 aromatic rings. The van der Waals surface area contributed by atoms with E-state index in [2.05, 4.69) is 91.5 Å². The van der Waals surface area contributed by atoms with Gasteiger partial charge in [-0.2, -0.15) is 0 Å². The first-order valence-corrected chi connectivity index (χ1v) is 13.3. The summed E-state index contributed by atoms with van der Waals surface area (Å²) >= 11 is 0. The van der Waals surface area contributed by atoms with E-state index >= 15 is 0 Å². The highest BCUT2D eigenvalue weighted by atomic mass is 16.5. The van der Waals surface area contributed by atoms with Gasteiger partial charge in [-0.1, -0.05) is 91.5 Å². The number of rotatable bonds is 4. The van der Waals surface area contributed by atoms with Crippen molar-refractivity contribution in [1.29, 1.82) is 0 Å². The van der Waals surface area contributed by atoms with Crippen LogP contribution < -0.4 is 4.74 Å². The Hall–Kier alpha value is -5.15. The number of carbonyl (C=O) groups excluding carboxylic acids is 1. The van der Waals surface area contributed by atoms with E-state index in [0.29, 0.717) is 11.3 Å². The van der Waals surface area contributed by atoms with Gasteiger partial charge in [-0.05, 0) is 98.2 Å². The fraction of sp³-hybridized carbons (Fsp3) is 0.0541. The fourth-order valence-corrected chi connectivity index (χ4v) is 6.20. The number of phenolic OH excluding ortho intramolecular Hbond substituents is 1. The van der Waals surface area contributed by atoms with Crippen LogP contribution in [0, 0.1) is 0 Å². The van der Waals surface area contributed by atoms with E-state index in [1.165, 1.54) is 22.3 Å². The monoisotopic (exact) mass is 518 g/mol. The quantitative estimate of drug-likeness (QED) is 0.144. The number of carbonyl (C=O) groups is 1. The Morgan fingerprint density at radius 2 is 1.15 bits per heavy atom. The van der Waals surface area contributed by atoms with Crippen LogP contribution in [0.4, 0.5) is 0 Å². The molecule has 3 heteroatoms.